The number of amides is 3. The number of ether oxygens (including phenoxy) is 1. The van der Waals surface area contributed by atoms with E-state index in [2.05, 4.69) is 20.9 Å². The summed E-state index contributed by atoms with van der Waals surface area (Å²) in [5.74, 6) is -2.83. The number of carbonyl (C=O) groups excluding carboxylic acids is 4. The number of likely N-dealkylation sites (N-methyl/N-ethyl adjacent to an activating group) is 1. The minimum absolute atomic E-state index is 0.0261. The molecule has 1 aliphatic carbocycles. The number of hydrogen-bond donors (Lipinski definition) is 4. The number of carboxylic acid groups (broad SMARTS) is 1. The average Bonchev–Trinajstić information content (AvgIpc) is 3.77. The summed E-state index contributed by atoms with van der Waals surface area (Å²) in [4.78, 5) is 70.1. The summed E-state index contributed by atoms with van der Waals surface area (Å²) in [6.45, 7) is 7.71. The molecular formula is C36H53N5O7S. The van der Waals surface area contributed by atoms with Crippen molar-refractivity contribution in [1.82, 2.24) is 25.8 Å². The maximum Gasteiger partial charge on any atom is 0.306 e. The van der Waals surface area contributed by atoms with Crippen molar-refractivity contribution in [1.29, 1.82) is 0 Å². The highest BCUT2D eigenvalue weighted by Crippen LogP contribution is 2.35. The second-order valence-corrected chi connectivity index (χ2v) is 14.3. The summed E-state index contributed by atoms with van der Waals surface area (Å²) in [6, 6.07) is 8.10. The smallest absolute Gasteiger partial charge is 0.306 e. The average molecular weight is 700 g/mol. The zero-order valence-electron chi connectivity index (χ0n) is 29.6. The van der Waals surface area contributed by atoms with Gasteiger partial charge in [0.15, 0.2) is 6.10 Å². The van der Waals surface area contributed by atoms with Crippen molar-refractivity contribution < 1.29 is 33.8 Å². The number of aromatic nitrogens is 1. The largest absolute Gasteiger partial charge is 0.481 e. The van der Waals surface area contributed by atoms with Crippen LogP contribution in [0.1, 0.15) is 99.8 Å². The summed E-state index contributed by atoms with van der Waals surface area (Å²) in [6.07, 6.45) is 3.82. The molecule has 0 bridgehead atoms. The third-order valence-electron chi connectivity index (χ3n) is 8.88. The summed E-state index contributed by atoms with van der Waals surface area (Å²) in [5.41, 5.74) is 1.10. The normalized spacial score (nSPS) is 15.8. The number of nitrogens with one attached hydrogen (secondary N) is 3. The van der Waals surface area contributed by atoms with Crippen molar-refractivity contribution in [3.8, 4) is 0 Å². The zero-order valence-corrected chi connectivity index (χ0v) is 30.4. The molecule has 5 atom stereocenters. The first-order chi connectivity index (χ1) is 23.3. The molecule has 0 saturated heterocycles. The van der Waals surface area contributed by atoms with Gasteiger partial charge in [0.1, 0.15) is 16.7 Å². The van der Waals surface area contributed by atoms with E-state index in [1.54, 1.807) is 24.3 Å². The number of nitrogens with zero attached hydrogens (tertiary/aromatic N) is 2. The van der Waals surface area contributed by atoms with Gasteiger partial charge in [-0.1, -0.05) is 51.1 Å². The molecule has 2 aromatic rings. The number of esters is 1. The fourth-order valence-electron chi connectivity index (χ4n) is 5.94. The van der Waals surface area contributed by atoms with Gasteiger partial charge >= 0.3 is 11.9 Å². The Morgan fingerprint density at radius 1 is 1.04 bits per heavy atom. The van der Waals surface area contributed by atoms with E-state index in [0.717, 1.165) is 37.8 Å². The highest BCUT2D eigenvalue weighted by molar-refractivity contribution is 7.09. The van der Waals surface area contributed by atoms with Crippen LogP contribution in [0.2, 0.25) is 0 Å². The Hall–Kier alpha value is -3.84. The third-order valence-corrected chi connectivity index (χ3v) is 9.82. The Balaban J connectivity index is 1.75. The summed E-state index contributed by atoms with van der Waals surface area (Å²) >= 11 is 1.18. The molecule has 3 amide bonds. The molecule has 0 spiro atoms. The van der Waals surface area contributed by atoms with Crippen LogP contribution in [0.4, 0.5) is 0 Å². The number of carbonyl (C=O) groups is 5. The van der Waals surface area contributed by atoms with Crippen LogP contribution in [-0.4, -0.2) is 83.4 Å². The van der Waals surface area contributed by atoms with Crippen molar-refractivity contribution >= 4 is 41.0 Å². The Kier molecular flexibility index (Phi) is 15.7. The lowest BCUT2D eigenvalue weighted by molar-refractivity contribution is -0.149. The van der Waals surface area contributed by atoms with Crippen molar-refractivity contribution in [2.45, 2.75) is 103 Å². The van der Waals surface area contributed by atoms with Crippen molar-refractivity contribution in [3.63, 3.8) is 0 Å². The topological polar surface area (TPSA) is 167 Å². The first-order valence-corrected chi connectivity index (χ1v) is 18.1. The van der Waals surface area contributed by atoms with Gasteiger partial charge in [-0.25, -0.2) is 4.98 Å². The number of thiazole rings is 1. The minimum atomic E-state index is -0.943. The molecule has 0 aliphatic heterocycles. The molecule has 3 rings (SSSR count). The fraction of sp³-hybridized carbons (Fsp3) is 0.611. The molecule has 4 N–H and O–H groups in total. The number of rotatable bonds is 21. The van der Waals surface area contributed by atoms with Crippen LogP contribution in [0.25, 0.3) is 0 Å². The molecule has 270 valence electrons. The van der Waals surface area contributed by atoms with E-state index in [0.29, 0.717) is 17.8 Å². The molecule has 1 aromatic carbocycles. The quantitative estimate of drug-likeness (QED) is 0.109. The lowest BCUT2D eigenvalue weighted by atomic mass is 9.95. The lowest BCUT2D eigenvalue weighted by Crippen LogP contribution is -2.52. The standard InChI is InChI=1S/C36H53N5O7S/c1-22(2)29(41(6)35(45)32(26-15-16-26)40-31(43)14-10-11-17-37-5)20-30(48-24(4)42)34-39-28(21-49-34)33(44)38-27(18-23(3)36(46)47)19-25-12-8-7-9-13-25/h7-9,12-13,21-23,26-27,29-30,32,37H,10-11,14-20H2,1-6H3,(H,38,44)(H,40,43)(H,46,47)/t23-,27+,29+,30+,32-/m0/s1. The van der Waals surface area contributed by atoms with Gasteiger partial charge < -0.3 is 30.7 Å². The van der Waals surface area contributed by atoms with E-state index in [-0.39, 0.29) is 48.2 Å². The first-order valence-electron chi connectivity index (χ1n) is 17.2. The number of benzene rings is 1. The van der Waals surface area contributed by atoms with E-state index in [9.17, 15) is 29.1 Å². The van der Waals surface area contributed by atoms with Gasteiger partial charge in [0.2, 0.25) is 11.8 Å². The summed E-state index contributed by atoms with van der Waals surface area (Å²) < 4.78 is 5.73. The number of aliphatic carboxylic acids is 1. The number of hydrogen-bond acceptors (Lipinski definition) is 9. The molecule has 0 unspecified atom stereocenters. The number of carboxylic acids is 1. The van der Waals surface area contributed by atoms with Crippen LogP contribution in [0.3, 0.4) is 0 Å². The second-order valence-electron chi connectivity index (χ2n) is 13.4. The van der Waals surface area contributed by atoms with Crippen LogP contribution < -0.4 is 16.0 Å². The van der Waals surface area contributed by atoms with E-state index < -0.39 is 42.0 Å². The second kappa shape index (κ2) is 19.4. The van der Waals surface area contributed by atoms with E-state index in [1.165, 1.54) is 18.3 Å². The lowest BCUT2D eigenvalue weighted by Gasteiger charge is -2.35. The Labute approximate surface area is 293 Å². The van der Waals surface area contributed by atoms with Gasteiger partial charge in [-0.15, -0.1) is 11.3 Å². The fourth-order valence-corrected chi connectivity index (χ4v) is 6.78. The Morgan fingerprint density at radius 2 is 1.73 bits per heavy atom. The van der Waals surface area contributed by atoms with E-state index in [4.69, 9.17) is 4.74 Å². The molecular weight excluding hydrogens is 646 g/mol. The van der Waals surface area contributed by atoms with Crippen LogP contribution in [0.15, 0.2) is 35.7 Å². The van der Waals surface area contributed by atoms with Crippen molar-refractivity contribution in [3.05, 3.63) is 52.0 Å². The molecule has 13 heteroatoms. The molecule has 0 radical (unpaired) electrons. The highest BCUT2D eigenvalue weighted by atomic mass is 32.1. The third kappa shape index (κ3) is 12.8. The highest BCUT2D eigenvalue weighted by Gasteiger charge is 2.41. The van der Waals surface area contributed by atoms with Crippen molar-refractivity contribution in [2.24, 2.45) is 17.8 Å². The van der Waals surface area contributed by atoms with E-state index in [1.807, 2.05) is 51.2 Å². The molecule has 49 heavy (non-hydrogen) atoms. The van der Waals surface area contributed by atoms with Gasteiger partial charge in [0.25, 0.3) is 5.91 Å². The van der Waals surface area contributed by atoms with Crippen LogP contribution in [0.5, 0.6) is 0 Å². The number of unbranched alkanes of at least 4 members (excludes halogenated alkanes) is 1. The Bertz CT molecular complexity index is 1400. The first kappa shape index (κ1) is 39.6. The Morgan fingerprint density at radius 3 is 2.33 bits per heavy atom. The zero-order chi connectivity index (χ0) is 36.1. The molecule has 1 aromatic heterocycles. The molecule has 1 fully saturated rings. The van der Waals surface area contributed by atoms with Gasteiger partial charge in [0.05, 0.1) is 5.92 Å². The van der Waals surface area contributed by atoms with Gasteiger partial charge in [-0.2, -0.15) is 0 Å². The predicted octanol–water partition coefficient (Wildman–Crippen LogP) is 4.36. The summed E-state index contributed by atoms with van der Waals surface area (Å²) in [7, 11) is 3.59. The molecule has 12 nitrogen and oxygen atoms in total. The maximum atomic E-state index is 13.9. The molecule has 1 saturated carbocycles. The SMILES string of the molecule is CNCCCCC(=O)N[C@H](C(=O)N(C)[C@H](C[C@@H](OC(C)=O)c1nc(C(=O)N[C@@H](Cc2ccccc2)C[C@H](C)C(=O)O)cs1)C(C)C)C1CC1. The van der Waals surface area contributed by atoms with Gasteiger partial charge in [0, 0.05) is 44.3 Å². The monoisotopic (exact) mass is 699 g/mol. The van der Waals surface area contributed by atoms with Crippen molar-refractivity contribution in [2.75, 3.05) is 20.6 Å². The van der Waals surface area contributed by atoms with Gasteiger partial charge in [-0.05, 0) is 69.5 Å². The van der Waals surface area contributed by atoms with Gasteiger partial charge in [-0.3, -0.25) is 24.0 Å². The summed E-state index contributed by atoms with van der Waals surface area (Å²) in [5, 5.41) is 20.5. The van der Waals surface area contributed by atoms with Crippen LogP contribution in [-0.2, 0) is 30.3 Å². The minimum Gasteiger partial charge on any atom is -0.481 e. The predicted molar refractivity (Wildman–Crippen MR) is 188 cm³/mol. The van der Waals surface area contributed by atoms with Crippen LogP contribution in [0, 0.1) is 17.8 Å². The molecule has 1 aliphatic rings. The maximum absolute atomic E-state index is 13.9. The van der Waals surface area contributed by atoms with E-state index >= 15 is 0 Å². The molecule has 1 heterocycles. The van der Waals surface area contributed by atoms with Crippen LogP contribution >= 0.6 is 11.3 Å².